The summed E-state index contributed by atoms with van der Waals surface area (Å²) in [6.45, 7) is 4.95. The molecule has 0 aromatic rings. The Morgan fingerprint density at radius 3 is 0.819 bits per heavy atom. The van der Waals surface area contributed by atoms with Crippen LogP contribution < -0.4 is 5.32 Å². The summed E-state index contributed by atoms with van der Waals surface area (Å²) in [6.07, 6.45) is 111. The van der Waals surface area contributed by atoms with Crippen LogP contribution in [0, 0.1) is 0 Å². The normalized spacial score (nSPS) is 12.7. The average molecular weight is 1320 g/mol. The molecule has 554 valence electrons. The van der Waals surface area contributed by atoms with E-state index in [1.54, 1.807) is 6.08 Å². The molecular weight excluding hydrogens is 1150 g/mol. The fraction of sp³-hybridized carbons (Fsp3) is 0.886. The molecule has 3 N–H and O–H groups in total. The summed E-state index contributed by atoms with van der Waals surface area (Å²) in [5.74, 6) is -0.0466. The topological polar surface area (TPSA) is 95.9 Å². The highest BCUT2D eigenvalue weighted by molar-refractivity contribution is 5.76. The van der Waals surface area contributed by atoms with Gasteiger partial charge < -0.3 is 20.3 Å². The molecule has 0 aliphatic carbocycles. The zero-order valence-corrected chi connectivity index (χ0v) is 63.7. The number of rotatable bonds is 81. The lowest BCUT2D eigenvalue weighted by Gasteiger charge is -2.20. The first-order valence-electron chi connectivity index (χ1n) is 42.9. The second-order valence-electron chi connectivity index (χ2n) is 29.5. The van der Waals surface area contributed by atoms with Gasteiger partial charge in [-0.3, -0.25) is 9.59 Å². The van der Waals surface area contributed by atoms with Gasteiger partial charge in [0, 0.05) is 12.8 Å². The summed E-state index contributed by atoms with van der Waals surface area (Å²) in [4.78, 5) is 24.7. The van der Waals surface area contributed by atoms with Gasteiger partial charge in [-0.05, 0) is 89.9 Å². The molecule has 1 amide bonds. The van der Waals surface area contributed by atoms with Gasteiger partial charge in [0.05, 0.1) is 25.4 Å². The van der Waals surface area contributed by atoms with Gasteiger partial charge in [0.2, 0.25) is 5.91 Å². The molecule has 0 aromatic carbocycles. The quantitative estimate of drug-likeness (QED) is 0.0320. The molecular formula is C88H167NO5. The van der Waals surface area contributed by atoms with Crippen LogP contribution in [0.3, 0.4) is 0 Å². The molecule has 6 heteroatoms. The molecule has 0 fully saturated rings. The first kappa shape index (κ1) is 91.8. The maximum Gasteiger partial charge on any atom is 0.305 e. The summed E-state index contributed by atoms with van der Waals surface area (Å²) in [7, 11) is 0. The zero-order valence-electron chi connectivity index (χ0n) is 63.7. The van der Waals surface area contributed by atoms with Crippen molar-refractivity contribution in [1.29, 1.82) is 0 Å². The lowest BCUT2D eigenvalue weighted by Crippen LogP contribution is -2.45. The number of aliphatic hydroxyl groups is 2. The van der Waals surface area contributed by atoms with E-state index >= 15 is 0 Å². The maximum atomic E-state index is 12.6. The summed E-state index contributed by atoms with van der Waals surface area (Å²) in [5, 5.41) is 23.3. The SMILES string of the molecule is CCCCCCCC/C=C\CCCCCCCCCCCC(=O)OCCCCCCCCCCC/C=C\C/C=C\CCCCCCCCCCCCCCCCCCCC(=O)NC(CO)C(O)/C=C/CCCCCCCCCCCCCCCCCCCCCCCCC. The summed E-state index contributed by atoms with van der Waals surface area (Å²) in [6, 6.07) is -0.629. The minimum absolute atomic E-state index is 0.0143. The highest BCUT2D eigenvalue weighted by Crippen LogP contribution is 2.20. The number of ether oxygens (including phenoxy) is 1. The molecule has 0 bridgehead atoms. The second kappa shape index (κ2) is 83.2. The van der Waals surface area contributed by atoms with E-state index < -0.39 is 12.1 Å². The van der Waals surface area contributed by atoms with E-state index in [4.69, 9.17) is 4.74 Å². The number of amides is 1. The minimum Gasteiger partial charge on any atom is -0.466 e. The predicted molar refractivity (Wildman–Crippen MR) is 416 cm³/mol. The van der Waals surface area contributed by atoms with Gasteiger partial charge in [-0.15, -0.1) is 0 Å². The molecule has 0 heterocycles. The van der Waals surface area contributed by atoms with Gasteiger partial charge in [-0.25, -0.2) is 0 Å². The summed E-state index contributed by atoms with van der Waals surface area (Å²) in [5.41, 5.74) is 0. The monoisotopic (exact) mass is 1320 g/mol. The first-order chi connectivity index (χ1) is 46.5. The number of unbranched alkanes of at least 4 members (excludes halogenated alkanes) is 64. The van der Waals surface area contributed by atoms with Crippen molar-refractivity contribution < 1.29 is 24.5 Å². The Morgan fingerprint density at radius 1 is 0.298 bits per heavy atom. The summed E-state index contributed by atoms with van der Waals surface area (Å²) >= 11 is 0. The highest BCUT2D eigenvalue weighted by atomic mass is 16.5. The van der Waals surface area contributed by atoms with E-state index in [1.807, 2.05) is 6.08 Å². The van der Waals surface area contributed by atoms with Gasteiger partial charge in [0.25, 0.3) is 0 Å². The standard InChI is InChI=1S/C88H167NO5/c1-3-5-7-9-11-13-15-17-19-21-23-24-25-35-38-41-45-48-52-56-60-64-68-72-76-80-86(91)85(84-90)89-87(92)81-77-73-69-65-61-57-53-49-46-42-39-36-33-31-29-27-26-28-30-32-34-37-40-43-47-51-55-59-63-67-71-75-79-83-94-88(93)82-78-74-70-66-62-58-54-50-44-22-20-18-16-14-12-10-8-6-4-2/h18,20,30,32,37,40,76,80,85-86,90-91H,3-17,19,21-29,31,33-36,38-39,41-75,77-79,81-84H2,1-2H3,(H,89,92)/b20-18-,32-30-,40-37-,80-76+. The minimum atomic E-state index is -0.846. The Balaban J connectivity index is 3.39. The Morgan fingerprint density at radius 2 is 0.532 bits per heavy atom. The number of esters is 1. The molecule has 2 atom stereocenters. The van der Waals surface area contributed by atoms with E-state index in [2.05, 4.69) is 55.6 Å². The van der Waals surface area contributed by atoms with Crippen LogP contribution in [-0.4, -0.2) is 47.4 Å². The third kappa shape index (κ3) is 78.8. The van der Waals surface area contributed by atoms with Crippen LogP contribution in [0.25, 0.3) is 0 Å². The number of aliphatic hydroxyl groups excluding tert-OH is 2. The molecule has 0 aliphatic rings. The van der Waals surface area contributed by atoms with E-state index in [1.165, 1.54) is 398 Å². The fourth-order valence-corrected chi connectivity index (χ4v) is 13.5. The number of carbonyl (C=O) groups excluding carboxylic acids is 2. The Bertz CT molecular complexity index is 1570. The van der Waals surface area contributed by atoms with Gasteiger partial charge in [-0.2, -0.15) is 0 Å². The third-order valence-electron chi connectivity index (χ3n) is 20.1. The van der Waals surface area contributed by atoms with Gasteiger partial charge in [-0.1, -0.05) is 422 Å². The lowest BCUT2D eigenvalue weighted by molar-refractivity contribution is -0.143. The van der Waals surface area contributed by atoms with Crippen molar-refractivity contribution in [3.63, 3.8) is 0 Å². The van der Waals surface area contributed by atoms with Crippen molar-refractivity contribution in [2.75, 3.05) is 13.2 Å². The average Bonchev–Trinajstić information content (AvgIpc) is 3.70. The Hall–Kier alpha value is -2.18. The predicted octanol–water partition coefficient (Wildman–Crippen LogP) is 28.7. The van der Waals surface area contributed by atoms with Crippen molar-refractivity contribution in [1.82, 2.24) is 5.32 Å². The number of hydrogen-bond donors (Lipinski definition) is 3. The van der Waals surface area contributed by atoms with Gasteiger partial charge in [0.1, 0.15) is 0 Å². The Labute approximate surface area is 588 Å². The molecule has 0 aromatic heterocycles. The van der Waals surface area contributed by atoms with Crippen LogP contribution in [0.1, 0.15) is 476 Å². The third-order valence-corrected chi connectivity index (χ3v) is 20.1. The molecule has 0 spiro atoms. The Kier molecular flexibility index (Phi) is 81.3. The number of allylic oxidation sites excluding steroid dienone is 7. The van der Waals surface area contributed by atoms with Crippen LogP contribution in [0.15, 0.2) is 48.6 Å². The highest BCUT2D eigenvalue weighted by Gasteiger charge is 2.18. The van der Waals surface area contributed by atoms with Crippen LogP contribution in [0.4, 0.5) is 0 Å². The molecule has 0 rings (SSSR count). The van der Waals surface area contributed by atoms with Crippen molar-refractivity contribution in [3.05, 3.63) is 48.6 Å². The number of nitrogens with one attached hydrogen (secondary N) is 1. The van der Waals surface area contributed by atoms with E-state index in [0.717, 1.165) is 51.4 Å². The zero-order chi connectivity index (χ0) is 67.7. The number of carbonyl (C=O) groups is 2. The van der Waals surface area contributed by atoms with Crippen molar-refractivity contribution in [2.45, 2.75) is 488 Å². The van der Waals surface area contributed by atoms with Crippen molar-refractivity contribution in [2.24, 2.45) is 0 Å². The molecule has 2 unspecified atom stereocenters. The summed E-state index contributed by atoms with van der Waals surface area (Å²) < 4.78 is 5.51. The smallest absolute Gasteiger partial charge is 0.305 e. The van der Waals surface area contributed by atoms with Crippen LogP contribution in [-0.2, 0) is 14.3 Å². The molecule has 6 nitrogen and oxygen atoms in total. The largest absolute Gasteiger partial charge is 0.466 e. The van der Waals surface area contributed by atoms with Gasteiger partial charge in [0.15, 0.2) is 0 Å². The van der Waals surface area contributed by atoms with E-state index in [-0.39, 0.29) is 18.5 Å². The maximum absolute atomic E-state index is 12.6. The fourth-order valence-electron chi connectivity index (χ4n) is 13.5. The van der Waals surface area contributed by atoms with Crippen LogP contribution in [0.2, 0.25) is 0 Å². The van der Waals surface area contributed by atoms with Crippen LogP contribution >= 0.6 is 0 Å². The molecule has 0 radical (unpaired) electrons. The molecule has 0 saturated carbocycles. The number of hydrogen-bond acceptors (Lipinski definition) is 5. The first-order valence-corrected chi connectivity index (χ1v) is 42.9. The van der Waals surface area contributed by atoms with Gasteiger partial charge >= 0.3 is 5.97 Å². The molecule has 0 saturated heterocycles. The van der Waals surface area contributed by atoms with E-state index in [0.29, 0.717) is 19.4 Å². The van der Waals surface area contributed by atoms with Crippen molar-refractivity contribution >= 4 is 11.9 Å². The lowest BCUT2D eigenvalue weighted by atomic mass is 10.0. The molecule has 94 heavy (non-hydrogen) atoms. The van der Waals surface area contributed by atoms with E-state index in [9.17, 15) is 19.8 Å². The second-order valence-corrected chi connectivity index (χ2v) is 29.5. The molecule has 0 aliphatic heterocycles. The van der Waals surface area contributed by atoms with Crippen molar-refractivity contribution in [3.8, 4) is 0 Å². The van der Waals surface area contributed by atoms with Crippen LogP contribution in [0.5, 0.6) is 0 Å².